The van der Waals surface area contributed by atoms with E-state index in [0.29, 0.717) is 12.5 Å². The van der Waals surface area contributed by atoms with Gasteiger partial charge in [0, 0.05) is 6.61 Å². The van der Waals surface area contributed by atoms with E-state index in [2.05, 4.69) is 13.8 Å². The summed E-state index contributed by atoms with van der Waals surface area (Å²) in [4.78, 5) is 20.9. The highest BCUT2D eigenvalue weighted by Crippen LogP contribution is 1.98. The summed E-state index contributed by atoms with van der Waals surface area (Å²) in [5.41, 5.74) is 0. The largest absolute Gasteiger partial charge is 0.481 e. The molecule has 0 spiro atoms. The Morgan fingerprint density at radius 2 is 2.00 bits per heavy atom. The average Bonchev–Trinajstić information content (AvgIpc) is 1.96. The standard InChI is InChI=1S/C9H16O4/c1-7(2)3-4-13-6-8(10)5-9(11)12/h7H,3-6H2,1-2H3,(H,11,12). The monoisotopic (exact) mass is 188 g/mol. The Bertz CT molecular complexity index is 174. The molecule has 4 nitrogen and oxygen atoms in total. The summed E-state index contributed by atoms with van der Waals surface area (Å²) < 4.78 is 4.99. The number of ketones is 1. The molecule has 0 aromatic heterocycles. The van der Waals surface area contributed by atoms with Crippen LogP contribution in [0.2, 0.25) is 0 Å². The molecule has 0 heterocycles. The van der Waals surface area contributed by atoms with Crippen molar-refractivity contribution >= 4 is 11.8 Å². The Kier molecular flexibility index (Phi) is 6.14. The smallest absolute Gasteiger partial charge is 0.310 e. The molecule has 13 heavy (non-hydrogen) atoms. The predicted molar refractivity (Wildman–Crippen MR) is 47.5 cm³/mol. The third-order valence-electron chi connectivity index (χ3n) is 1.45. The van der Waals surface area contributed by atoms with Crippen molar-refractivity contribution < 1.29 is 19.4 Å². The summed E-state index contributed by atoms with van der Waals surface area (Å²) in [6.07, 6.45) is 0.446. The molecule has 0 rings (SSSR count). The van der Waals surface area contributed by atoms with Gasteiger partial charge in [-0.15, -0.1) is 0 Å². The molecule has 0 unspecified atom stereocenters. The van der Waals surface area contributed by atoms with Crippen LogP contribution in [0, 0.1) is 5.92 Å². The normalized spacial score (nSPS) is 10.4. The van der Waals surface area contributed by atoms with Crippen LogP contribution in [0.3, 0.4) is 0 Å². The second-order valence-corrected chi connectivity index (χ2v) is 3.34. The van der Waals surface area contributed by atoms with Crippen molar-refractivity contribution in [2.45, 2.75) is 26.7 Å². The summed E-state index contributed by atoms with van der Waals surface area (Å²) in [7, 11) is 0. The van der Waals surface area contributed by atoms with Gasteiger partial charge in [0.1, 0.15) is 13.0 Å². The maximum atomic E-state index is 10.8. The molecule has 0 atom stereocenters. The number of rotatable bonds is 7. The van der Waals surface area contributed by atoms with E-state index in [1.807, 2.05) is 0 Å². The summed E-state index contributed by atoms with van der Waals surface area (Å²) >= 11 is 0. The number of carboxylic acids is 1. The molecule has 0 amide bonds. The molecule has 0 aliphatic carbocycles. The van der Waals surface area contributed by atoms with Crippen LogP contribution >= 0.6 is 0 Å². The van der Waals surface area contributed by atoms with Gasteiger partial charge < -0.3 is 9.84 Å². The lowest BCUT2D eigenvalue weighted by molar-refractivity contribution is -0.141. The Hall–Kier alpha value is -0.900. The van der Waals surface area contributed by atoms with Gasteiger partial charge in [0.2, 0.25) is 0 Å². The minimum atomic E-state index is -1.10. The van der Waals surface area contributed by atoms with Crippen LogP contribution in [0.4, 0.5) is 0 Å². The van der Waals surface area contributed by atoms with E-state index in [1.165, 1.54) is 0 Å². The van der Waals surface area contributed by atoms with Gasteiger partial charge in [-0.1, -0.05) is 13.8 Å². The van der Waals surface area contributed by atoms with Gasteiger partial charge in [0.25, 0.3) is 0 Å². The zero-order chi connectivity index (χ0) is 10.3. The molecule has 1 N–H and O–H groups in total. The first-order chi connectivity index (χ1) is 6.02. The zero-order valence-electron chi connectivity index (χ0n) is 8.08. The molecule has 4 heteroatoms. The zero-order valence-corrected chi connectivity index (χ0v) is 8.08. The molecule has 0 radical (unpaired) electrons. The highest BCUT2D eigenvalue weighted by Gasteiger charge is 2.07. The summed E-state index contributed by atoms with van der Waals surface area (Å²) in [6.45, 7) is 4.55. The van der Waals surface area contributed by atoms with E-state index in [9.17, 15) is 9.59 Å². The maximum absolute atomic E-state index is 10.8. The Morgan fingerprint density at radius 3 is 2.46 bits per heavy atom. The quantitative estimate of drug-likeness (QED) is 0.480. The third kappa shape index (κ3) is 9.01. The fourth-order valence-electron chi connectivity index (χ4n) is 0.725. The van der Waals surface area contributed by atoms with Crippen LogP contribution in [-0.4, -0.2) is 30.1 Å². The van der Waals surface area contributed by atoms with E-state index in [1.54, 1.807) is 0 Å². The van der Waals surface area contributed by atoms with Gasteiger partial charge in [0.05, 0.1) is 0 Å². The Morgan fingerprint density at radius 1 is 1.38 bits per heavy atom. The summed E-state index contributed by atoms with van der Waals surface area (Å²) in [5, 5.41) is 8.25. The number of carbonyl (C=O) groups excluding carboxylic acids is 1. The van der Waals surface area contributed by atoms with Gasteiger partial charge in [0.15, 0.2) is 5.78 Å². The molecule has 0 aromatic carbocycles. The van der Waals surface area contributed by atoms with Crippen molar-refractivity contribution in [3.63, 3.8) is 0 Å². The van der Waals surface area contributed by atoms with Crippen molar-refractivity contribution in [1.29, 1.82) is 0 Å². The van der Waals surface area contributed by atoms with Crippen molar-refractivity contribution in [3.05, 3.63) is 0 Å². The van der Waals surface area contributed by atoms with E-state index < -0.39 is 12.4 Å². The number of aliphatic carboxylic acids is 1. The SMILES string of the molecule is CC(C)CCOCC(=O)CC(=O)O. The first-order valence-corrected chi connectivity index (χ1v) is 4.33. The minimum absolute atomic E-state index is 0.0843. The third-order valence-corrected chi connectivity index (χ3v) is 1.45. The van der Waals surface area contributed by atoms with E-state index in [4.69, 9.17) is 9.84 Å². The van der Waals surface area contributed by atoms with Crippen LogP contribution in [0.1, 0.15) is 26.7 Å². The predicted octanol–water partition coefficient (Wildman–Crippen LogP) is 1.09. The van der Waals surface area contributed by atoms with Gasteiger partial charge in [-0.3, -0.25) is 9.59 Å². The number of Topliss-reactive ketones (excluding diaryl/α,β-unsaturated/α-hetero) is 1. The number of hydrogen-bond donors (Lipinski definition) is 1. The van der Waals surface area contributed by atoms with E-state index >= 15 is 0 Å². The van der Waals surface area contributed by atoms with Crippen LogP contribution in [0.25, 0.3) is 0 Å². The molecular formula is C9H16O4. The topological polar surface area (TPSA) is 63.6 Å². The maximum Gasteiger partial charge on any atom is 0.310 e. The van der Waals surface area contributed by atoms with Crippen molar-refractivity contribution in [2.24, 2.45) is 5.92 Å². The molecular weight excluding hydrogens is 172 g/mol. The van der Waals surface area contributed by atoms with Gasteiger partial charge in [-0.05, 0) is 12.3 Å². The molecule has 0 saturated carbocycles. The van der Waals surface area contributed by atoms with Crippen molar-refractivity contribution in [3.8, 4) is 0 Å². The van der Waals surface area contributed by atoms with Gasteiger partial charge in [-0.25, -0.2) is 0 Å². The average molecular weight is 188 g/mol. The molecule has 0 fully saturated rings. The van der Waals surface area contributed by atoms with E-state index in [-0.39, 0.29) is 12.4 Å². The number of ether oxygens (including phenoxy) is 1. The summed E-state index contributed by atoms with van der Waals surface area (Å²) in [6, 6.07) is 0. The minimum Gasteiger partial charge on any atom is -0.481 e. The van der Waals surface area contributed by atoms with Crippen molar-refractivity contribution in [2.75, 3.05) is 13.2 Å². The van der Waals surface area contributed by atoms with Gasteiger partial charge >= 0.3 is 5.97 Å². The Labute approximate surface area is 77.9 Å². The molecule has 0 aliphatic rings. The second-order valence-electron chi connectivity index (χ2n) is 3.34. The molecule has 0 saturated heterocycles. The number of hydrogen-bond acceptors (Lipinski definition) is 3. The molecule has 0 aliphatic heterocycles. The van der Waals surface area contributed by atoms with Gasteiger partial charge in [-0.2, -0.15) is 0 Å². The summed E-state index contributed by atoms with van der Waals surface area (Å²) in [5.74, 6) is -0.941. The van der Waals surface area contributed by atoms with Crippen molar-refractivity contribution in [1.82, 2.24) is 0 Å². The first-order valence-electron chi connectivity index (χ1n) is 4.33. The van der Waals surface area contributed by atoms with Crippen LogP contribution in [0.15, 0.2) is 0 Å². The highest BCUT2D eigenvalue weighted by molar-refractivity contribution is 5.95. The lowest BCUT2D eigenvalue weighted by atomic mass is 10.1. The molecule has 0 aromatic rings. The highest BCUT2D eigenvalue weighted by atomic mass is 16.5. The number of carboxylic acid groups (broad SMARTS) is 1. The Balaban J connectivity index is 3.32. The fourth-order valence-corrected chi connectivity index (χ4v) is 0.725. The van der Waals surface area contributed by atoms with Crippen LogP contribution < -0.4 is 0 Å². The van der Waals surface area contributed by atoms with Crippen LogP contribution in [-0.2, 0) is 14.3 Å². The fraction of sp³-hybridized carbons (Fsp3) is 0.778. The lowest BCUT2D eigenvalue weighted by Crippen LogP contribution is -2.14. The van der Waals surface area contributed by atoms with Crippen LogP contribution in [0.5, 0.6) is 0 Å². The molecule has 0 bridgehead atoms. The first kappa shape index (κ1) is 12.1. The second kappa shape index (κ2) is 6.60. The van der Waals surface area contributed by atoms with E-state index in [0.717, 1.165) is 6.42 Å². The lowest BCUT2D eigenvalue weighted by Gasteiger charge is -2.04. The number of carbonyl (C=O) groups is 2. The molecule has 76 valence electrons.